The summed E-state index contributed by atoms with van der Waals surface area (Å²) < 4.78 is 0. The summed E-state index contributed by atoms with van der Waals surface area (Å²) in [5.41, 5.74) is 0. The first-order valence-electron chi connectivity index (χ1n) is 5.55. The van der Waals surface area contributed by atoms with Gasteiger partial charge in [0, 0.05) is 36.6 Å². The molecule has 0 aliphatic carbocycles. The molecule has 1 fully saturated rings. The molecule has 1 aromatic heterocycles. The molecule has 16 heavy (non-hydrogen) atoms. The van der Waals surface area contributed by atoms with Crippen LogP contribution in [0.2, 0.25) is 0 Å². The minimum absolute atomic E-state index is 0.0975. The Bertz CT molecular complexity index is 378. The molecule has 2 rings (SSSR count). The number of rotatable bonds is 4. The van der Waals surface area contributed by atoms with E-state index in [9.17, 15) is 4.79 Å². The first kappa shape index (κ1) is 11.5. The van der Waals surface area contributed by atoms with E-state index in [1.165, 1.54) is 4.88 Å². The molecule has 88 valence electrons. The van der Waals surface area contributed by atoms with Gasteiger partial charge in [0.25, 0.3) is 0 Å². The first-order chi connectivity index (χ1) is 7.72. The van der Waals surface area contributed by atoms with Gasteiger partial charge in [-0.15, -0.1) is 11.3 Å². The topological polar surface area (TPSA) is 53.4 Å². The lowest BCUT2D eigenvalue weighted by molar-refractivity contribution is -0.128. The predicted molar refractivity (Wildman–Crippen MR) is 62.1 cm³/mol. The minimum Gasteiger partial charge on any atom is -0.396 e. The van der Waals surface area contributed by atoms with Crippen LogP contribution < -0.4 is 0 Å². The van der Waals surface area contributed by atoms with Gasteiger partial charge in [-0.25, -0.2) is 4.98 Å². The summed E-state index contributed by atoms with van der Waals surface area (Å²) in [6, 6.07) is 0. The molecule has 1 unspecified atom stereocenters. The monoisotopic (exact) mass is 240 g/mol. The number of carbonyl (C=O) groups is 1. The average molecular weight is 240 g/mol. The number of aliphatic hydroxyl groups excluding tert-OH is 1. The van der Waals surface area contributed by atoms with Gasteiger partial charge >= 0.3 is 0 Å². The van der Waals surface area contributed by atoms with Crippen LogP contribution in [0.25, 0.3) is 0 Å². The van der Waals surface area contributed by atoms with Gasteiger partial charge in [-0.3, -0.25) is 4.79 Å². The van der Waals surface area contributed by atoms with Crippen LogP contribution in [-0.4, -0.2) is 34.0 Å². The van der Waals surface area contributed by atoms with E-state index in [-0.39, 0.29) is 18.4 Å². The molecule has 1 saturated heterocycles. The van der Waals surface area contributed by atoms with Crippen molar-refractivity contribution in [1.82, 2.24) is 9.88 Å². The standard InChI is InChI=1S/C11H16N2O2S/c1-2-9-4-12-10(16-9)6-13-5-8(7-14)3-11(13)15/h4,8,14H,2-3,5-7H2,1H3. The predicted octanol–water partition coefficient (Wildman–Crippen LogP) is 1.05. The Labute approximate surface area is 98.9 Å². The van der Waals surface area contributed by atoms with Crippen molar-refractivity contribution in [3.05, 3.63) is 16.1 Å². The molecule has 1 aliphatic heterocycles. The molecule has 2 heterocycles. The highest BCUT2D eigenvalue weighted by atomic mass is 32.1. The quantitative estimate of drug-likeness (QED) is 0.855. The number of nitrogens with zero attached hydrogens (tertiary/aromatic N) is 2. The van der Waals surface area contributed by atoms with Crippen LogP contribution in [-0.2, 0) is 17.8 Å². The molecule has 0 bridgehead atoms. The van der Waals surface area contributed by atoms with Gasteiger partial charge in [0.15, 0.2) is 0 Å². The molecule has 1 atom stereocenters. The fourth-order valence-electron chi connectivity index (χ4n) is 1.88. The lowest BCUT2D eigenvalue weighted by atomic mass is 10.1. The summed E-state index contributed by atoms with van der Waals surface area (Å²) in [6.45, 7) is 3.46. The lowest BCUT2D eigenvalue weighted by Gasteiger charge is -2.14. The number of aliphatic hydroxyl groups is 1. The number of amides is 1. The number of hydrogen-bond acceptors (Lipinski definition) is 4. The van der Waals surface area contributed by atoms with Crippen molar-refractivity contribution in [1.29, 1.82) is 0 Å². The van der Waals surface area contributed by atoms with Crippen molar-refractivity contribution in [3.63, 3.8) is 0 Å². The van der Waals surface area contributed by atoms with Gasteiger partial charge < -0.3 is 10.0 Å². The van der Waals surface area contributed by atoms with E-state index in [1.54, 1.807) is 16.2 Å². The summed E-state index contributed by atoms with van der Waals surface area (Å²) in [4.78, 5) is 19.0. The Morgan fingerprint density at radius 3 is 3.06 bits per heavy atom. The van der Waals surface area contributed by atoms with Gasteiger partial charge in [-0.1, -0.05) is 6.92 Å². The smallest absolute Gasteiger partial charge is 0.223 e. The van der Waals surface area contributed by atoms with Crippen LogP contribution in [0.5, 0.6) is 0 Å². The van der Waals surface area contributed by atoms with Gasteiger partial charge in [0.1, 0.15) is 5.01 Å². The van der Waals surface area contributed by atoms with Crippen molar-refractivity contribution in [2.24, 2.45) is 5.92 Å². The molecule has 1 N–H and O–H groups in total. The van der Waals surface area contributed by atoms with Gasteiger partial charge in [-0.05, 0) is 6.42 Å². The van der Waals surface area contributed by atoms with E-state index >= 15 is 0 Å². The van der Waals surface area contributed by atoms with Crippen molar-refractivity contribution in [2.45, 2.75) is 26.3 Å². The number of aryl methyl sites for hydroxylation is 1. The van der Waals surface area contributed by atoms with E-state index in [2.05, 4.69) is 11.9 Å². The maximum absolute atomic E-state index is 11.6. The maximum Gasteiger partial charge on any atom is 0.223 e. The van der Waals surface area contributed by atoms with Gasteiger partial charge in [-0.2, -0.15) is 0 Å². The second-order valence-electron chi connectivity index (χ2n) is 4.10. The largest absolute Gasteiger partial charge is 0.396 e. The zero-order valence-electron chi connectivity index (χ0n) is 9.35. The molecular formula is C11H16N2O2S. The molecule has 0 spiro atoms. The fourth-order valence-corrected chi connectivity index (χ4v) is 2.76. The van der Waals surface area contributed by atoms with Crippen molar-refractivity contribution in [3.8, 4) is 0 Å². The van der Waals surface area contributed by atoms with Crippen LogP contribution in [0.4, 0.5) is 0 Å². The van der Waals surface area contributed by atoms with E-state index in [0.29, 0.717) is 19.5 Å². The molecule has 5 heteroatoms. The first-order valence-corrected chi connectivity index (χ1v) is 6.36. The number of likely N-dealkylation sites (tertiary alicyclic amines) is 1. The number of carbonyl (C=O) groups excluding carboxylic acids is 1. The van der Waals surface area contributed by atoms with E-state index in [0.717, 1.165) is 11.4 Å². The highest BCUT2D eigenvalue weighted by Gasteiger charge is 2.29. The van der Waals surface area contributed by atoms with Crippen LogP contribution >= 0.6 is 11.3 Å². The third-order valence-corrected chi connectivity index (χ3v) is 3.96. The third kappa shape index (κ3) is 2.41. The second-order valence-corrected chi connectivity index (χ2v) is 5.30. The SMILES string of the molecule is CCc1cnc(CN2CC(CO)CC2=O)s1. The molecule has 1 aromatic rings. The molecule has 1 aliphatic rings. The summed E-state index contributed by atoms with van der Waals surface area (Å²) >= 11 is 1.66. The van der Waals surface area contributed by atoms with E-state index < -0.39 is 0 Å². The van der Waals surface area contributed by atoms with Gasteiger partial charge in [0.2, 0.25) is 5.91 Å². The Hall–Kier alpha value is -0.940. The number of thiazole rings is 1. The van der Waals surface area contributed by atoms with Crippen molar-refractivity contribution < 1.29 is 9.90 Å². The zero-order valence-corrected chi connectivity index (χ0v) is 10.2. The zero-order chi connectivity index (χ0) is 11.5. The molecule has 1 amide bonds. The van der Waals surface area contributed by atoms with Crippen molar-refractivity contribution >= 4 is 17.2 Å². The van der Waals surface area contributed by atoms with Gasteiger partial charge in [0.05, 0.1) is 6.54 Å². The number of hydrogen-bond donors (Lipinski definition) is 1. The highest BCUT2D eigenvalue weighted by Crippen LogP contribution is 2.21. The fraction of sp³-hybridized carbons (Fsp3) is 0.636. The van der Waals surface area contributed by atoms with Crippen LogP contribution in [0.1, 0.15) is 23.2 Å². The highest BCUT2D eigenvalue weighted by molar-refractivity contribution is 7.11. The average Bonchev–Trinajstić information content (AvgIpc) is 2.87. The summed E-state index contributed by atoms with van der Waals surface area (Å²) in [5.74, 6) is 0.241. The Balaban J connectivity index is 1.97. The summed E-state index contributed by atoms with van der Waals surface area (Å²) in [5, 5.41) is 10.0. The van der Waals surface area contributed by atoms with Crippen LogP contribution in [0, 0.1) is 5.92 Å². The molecule has 4 nitrogen and oxygen atoms in total. The Kier molecular flexibility index (Phi) is 3.56. The lowest BCUT2D eigenvalue weighted by Crippen LogP contribution is -2.24. The maximum atomic E-state index is 11.6. The molecular weight excluding hydrogens is 224 g/mol. The summed E-state index contributed by atoms with van der Waals surface area (Å²) in [7, 11) is 0. The normalized spacial score (nSPS) is 20.8. The molecule has 0 aromatic carbocycles. The van der Waals surface area contributed by atoms with Crippen molar-refractivity contribution in [2.75, 3.05) is 13.2 Å². The van der Waals surface area contributed by atoms with E-state index in [1.807, 2.05) is 6.20 Å². The number of aromatic nitrogens is 1. The minimum atomic E-state index is 0.0975. The molecule has 0 saturated carbocycles. The van der Waals surface area contributed by atoms with Crippen LogP contribution in [0.15, 0.2) is 6.20 Å². The third-order valence-electron chi connectivity index (χ3n) is 2.83. The molecule has 0 radical (unpaired) electrons. The van der Waals surface area contributed by atoms with E-state index in [4.69, 9.17) is 5.11 Å². The Morgan fingerprint density at radius 2 is 2.50 bits per heavy atom. The summed E-state index contributed by atoms with van der Waals surface area (Å²) in [6.07, 6.45) is 3.34. The van der Waals surface area contributed by atoms with Crippen LogP contribution in [0.3, 0.4) is 0 Å². The Morgan fingerprint density at radius 1 is 1.69 bits per heavy atom. The second kappa shape index (κ2) is 4.93.